The molecule has 1 heterocycles. The quantitative estimate of drug-likeness (QED) is 0.616. The average Bonchev–Trinajstić information content (AvgIpc) is 2.56. The molecule has 0 aromatic heterocycles. The number of halogens is 6. The van der Waals surface area contributed by atoms with Crippen LogP contribution in [0.4, 0.5) is 13.2 Å². The summed E-state index contributed by atoms with van der Waals surface area (Å²) in [5.41, 5.74) is -0.885. The highest BCUT2D eigenvalue weighted by Gasteiger charge is 2.48. The fourth-order valence-electron chi connectivity index (χ4n) is 2.38. The molecule has 0 fully saturated rings. The van der Waals surface area contributed by atoms with E-state index in [0.29, 0.717) is 0 Å². The monoisotopic (exact) mass is 438 g/mol. The van der Waals surface area contributed by atoms with Crippen molar-refractivity contribution in [3.05, 3.63) is 56.5 Å². The summed E-state index contributed by atoms with van der Waals surface area (Å²) < 4.78 is 49.9. The standard InChI is InChI=1S/C17H8Cl3F3O4/c18-9-2-1-3-10(19)14(9)26-13-6-12-7(5-11(13)20)4-8(16(24)25)15(27-12)17(21,22)23/h1-6,15H,(H,24,25). The predicted octanol–water partition coefficient (Wildman–Crippen LogP) is 6.23. The van der Waals surface area contributed by atoms with E-state index in [-0.39, 0.29) is 37.9 Å². The van der Waals surface area contributed by atoms with E-state index in [1.165, 1.54) is 18.2 Å². The van der Waals surface area contributed by atoms with Gasteiger partial charge < -0.3 is 14.6 Å². The number of hydrogen-bond acceptors (Lipinski definition) is 3. The first-order chi connectivity index (χ1) is 12.6. The fourth-order valence-corrected chi connectivity index (χ4v) is 3.07. The molecule has 4 nitrogen and oxygen atoms in total. The molecule has 2 aromatic rings. The van der Waals surface area contributed by atoms with Gasteiger partial charge >= 0.3 is 12.1 Å². The fraction of sp³-hybridized carbons (Fsp3) is 0.118. The Morgan fingerprint density at radius 2 is 1.74 bits per heavy atom. The minimum Gasteiger partial charge on any atom is -0.478 e. The van der Waals surface area contributed by atoms with Gasteiger partial charge in [0.05, 0.1) is 20.6 Å². The number of aliphatic carboxylic acids is 1. The number of para-hydroxylation sites is 1. The molecule has 0 amide bonds. The van der Waals surface area contributed by atoms with Crippen LogP contribution in [0.15, 0.2) is 35.9 Å². The molecule has 0 spiro atoms. The minimum absolute atomic E-state index is 0.000200. The van der Waals surface area contributed by atoms with Gasteiger partial charge in [-0.2, -0.15) is 13.2 Å². The van der Waals surface area contributed by atoms with Crippen molar-refractivity contribution in [2.24, 2.45) is 0 Å². The van der Waals surface area contributed by atoms with Gasteiger partial charge in [0.1, 0.15) is 11.5 Å². The number of alkyl halides is 3. The molecule has 0 saturated carbocycles. The second-order valence-electron chi connectivity index (χ2n) is 5.42. The van der Waals surface area contributed by atoms with Crippen molar-refractivity contribution in [2.45, 2.75) is 12.3 Å². The minimum atomic E-state index is -4.92. The number of rotatable bonds is 3. The Kier molecular flexibility index (Phi) is 5.20. The number of carboxylic acids is 1. The van der Waals surface area contributed by atoms with Crippen molar-refractivity contribution in [1.82, 2.24) is 0 Å². The highest BCUT2D eigenvalue weighted by atomic mass is 35.5. The summed E-state index contributed by atoms with van der Waals surface area (Å²) in [6.45, 7) is 0. The van der Waals surface area contributed by atoms with Crippen LogP contribution in [0.1, 0.15) is 5.56 Å². The lowest BCUT2D eigenvalue weighted by Crippen LogP contribution is -2.40. The van der Waals surface area contributed by atoms with Crippen LogP contribution in [0.25, 0.3) is 6.08 Å². The number of benzene rings is 2. The molecule has 1 N–H and O–H groups in total. The van der Waals surface area contributed by atoms with Gasteiger partial charge in [0.25, 0.3) is 0 Å². The van der Waals surface area contributed by atoms with E-state index in [4.69, 9.17) is 49.4 Å². The average molecular weight is 440 g/mol. The Balaban J connectivity index is 2.05. The molecule has 1 atom stereocenters. The Hall–Kier alpha value is -2.09. The molecule has 10 heteroatoms. The largest absolute Gasteiger partial charge is 0.478 e. The number of carbonyl (C=O) groups is 1. The zero-order valence-corrected chi connectivity index (χ0v) is 15.2. The van der Waals surface area contributed by atoms with Crippen LogP contribution in [0.5, 0.6) is 17.2 Å². The van der Waals surface area contributed by atoms with Crippen molar-refractivity contribution in [1.29, 1.82) is 0 Å². The van der Waals surface area contributed by atoms with Gasteiger partial charge in [-0.05, 0) is 24.3 Å². The summed E-state index contributed by atoms with van der Waals surface area (Å²) in [6, 6.07) is 6.94. The molecule has 0 bridgehead atoms. The van der Waals surface area contributed by atoms with E-state index in [9.17, 15) is 18.0 Å². The van der Waals surface area contributed by atoms with Crippen LogP contribution in [0.2, 0.25) is 15.1 Å². The molecular formula is C17H8Cl3F3O4. The first-order valence-electron chi connectivity index (χ1n) is 7.21. The van der Waals surface area contributed by atoms with Crippen LogP contribution in [0, 0.1) is 0 Å². The topological polar surface area (TPSA) is 55.8 Å². The van der Waals surface area contributed by atoms with Crippen LogP contribution < -0.4 is 9.47 Å². The van der Waals surface area contributed by atoms with Crippen LogP contribution in [-0.4, -0.2) is 23.4 Å². The molecule has 0 aliphatic carbocycles. The molecule has 27 heavy (non-hydrogen) atoms. The first kappa shape index (κ1) is 19.7. The van der Waals surface area contributed by atoms with E-state index in [1.807, 2.05) is 0 Å². The highest BCUT2D eigenvalue weighted by Crippen LogP contribution is 2.44. The molecule has 1 unspecified atom stereocenters. The zero-order chi connectivity index (χ0) is 19.9. The Bertz CT molecular complexity index is 937. The van der Waals surface area contributed by atoms with Gasteiger partial charge in [-0.1, -0.05) is 40.9 Å². The second kappa shape index (κ2) is 7.14. The van der Waals surface area contributed by atoms with E-state index in [1.54, 1.807) is 6.07 Å². The lowest BCUT2D eigenvalue weighted by atomic mass is 10.0. The lowest BCUT2D eigenvalue weighted by Gasteiger charge is -2.27. The number of fused-ring (bicyclic) bond motifs is 1. The van der Waals surface area contributed by atoms with E-state index < -0.39 is 23.8 Å². The maximum atomic E-state index is 13.2. The lowest BCUT2D eigenvalue weighted by molar-refractivity contribution is -0.187. The molecule has 0 saturated heterocycles. The van der Waals surface area contributed by atoms with Crippen molar-refractivity contribution >= 4 is 46.8 Å². The maximum Gasteiger partial charge on any atom is 0.430 e. The molecule has 2 aromatic carbocycles. The molecular weight excluding hydrogens is 432 g/mol. The van der Waals surface area contributed by atoms with E-state index >= 15 is 0 Å². The summed E-state index contributed by atoms with van der Waals surface area (Å²) in [5.74, 6) is -1.99. The van der Waals surface area contributed by atoms with Gasteiger partial charge in [-0.15, -0.1) is 0 Å². The van der Waals surface area contributed by atoms with Gasteiger partial charge in [0.2, 0.25) is 6.10 Å². The van der Waals surface area contributed by atoms with Crippen molar-refractivity contribution in [2.75, 3.05) is 0 Å². The van der Waals surface area contributed by atoms with Crippen LogP contribution in [-0.2, 0) is 4.79 Å². The third kappa shape index (κ3) is 3.95. The first-order valence-corrected chi connectivity index (χ1v) is 8.35. The number of hydrogen-bond donors (Lipinski definition) is 1. The Morgan fingerprint density at radius 3 is 2.30 bits per heavy atom. The molecule has 0 radical (unpaired) electrons. The highest BCUT2D eigenvalue weighted by molar-refractivity contribution is 6.37. The molecule has 1 aliphatic heterocycles. The van der Waals surface area contributed by atoms with Gasteiger partial charge in [-0.3, -0.25) is 0 Å². The number of ether oxygens (including phenoxy) is 2. The maximum absolute atomic E-state index is 13.2. The third-order valence-corrected chi connectivity index (χ3v) is 4.47. The Morgan fingerprint density at radius 1 is 1.11 bits per heavy atom. The Labute approximate surface area is 165 Å². The predicted molar refractivity (Wildman–Crippen MR) is 94.1 cm³/mol. The van der Waals surface area contributed by atoms with Gasteiger partial charge in [0.15, 0.2) is 5.75 Å². The molecule has 142 valence electrons. The van der Waals surface area contributed by atoms with Gasteiger partial charge in [0, 0.05) is 11.6 Å². The zero-order valence-electron chi connectivity index (χ0n) is 13.0. The SMILES string of the molecule is O=C(O)C1=Cc2cc(Cl)c(Oc3c(Cl)cccc3Cl)cc2OC1C(F)(F)F. The van der Waals surface area contributed by atoms with Crippen molar-refractivity contribution in [3.8, 4) is 17.2 Å². The van der Waals surface area contributed by atoms with Crippen LogP contribution in [0.3, 0.4) is 0 Å². The second-order valence-corrected chi connectivity index (χ2v) is 6.64. The summed E-state index contributed by atoms with van der Waals surface area (Å²) in [4.78, 5) is 11.2. The normalized spacial score (nSPS) is 16.2. The molecule has 1 aliphatic rings. The molecule has 3 rings (SSSR count). The summed E-state index contributed by atoms with van der Waals surface area (Å²) in [6.07, 6.45) is -6.69. The summed E-state index contributed by atoms with van der Waals surface area (Å²) in [5, 5.41) is 9.37. The third-order valence-electron chi connectivity index (χ3n) is 3.58. The van der Waals surface area contributed by atoms with E-state index in [0.717, 1.165) is 12.1 Å². The van der Waals surface area contributed by atoms with Crippen molar-refractivity contribution < 1.29 is 32.5 Å². The summed E-state index contributed by atoms with van der Waals surface area (Å²) in [7, 11) is 0. The van der Waals surface area contributed by atoms with E-state index in [2.05, 4.69) is 0 Å². The smallest absolute Gasteiger partial charge is 0.430 e. The number of carboxylic acid groups (broad SMARTS) is 1. The van der Waals surface area contributed by atoms with Crippen LogP contribution >= 0.6 is 34.8 Å². The van der Waals surface area contributed by atoms with Gasteiger partial charge in [-0.25, -0.2) is 4.79 Å². The summed E-state index contributed by atoms with van der Waals surface area (Å²) >= 11 is 18.1. The van der Waals surface area contributed by atoms with Crippen molar-refractivity contribution in [3.63, 3.8) is 0 Å².